The van der Waals surface area contributed by atoms with E-state index in [0.29, 0.717) is 5.92 Å². The Morgan fingerprint density at radius 3 is 2.93 bits per heavy atom. The zero-order valence-corrected chi connectivity index (χ0v) is 16.8. The first-order valence-electron chi connectivity index (χ1n) is 9.28. The SMILES string of the molecule is COc1cccc(-c2ncc(CN3CCc4nc(C(C)C)ncc4C3)s2)c1. The number of benzene rings is 1. The highest BCUT2D eigenvalue weighted by molar-refractivity contribution is 7.15. The topological polar surface area (TPSA) is 51.1 Å². The summed E-state index contributed by atoms with van der Waals surface area (Å²) in [6.45, 7) is 7.11. The number of hydrogen-bond donors (Lipinski definition) is 0. The average molecular weight is 381 g/mol. The molecule has 0 unspecified atom stereocenters. The summed E-state index contributed by atoms with van der Waals surface area (Å²) >= 11 is 1.75. The zero-order chi connectivity index (χ0) is 18.8. The Morgan fingerprint density at radius 1 is 1.22 bits per heavy atom. The van der Waals surface area contributed by atoms with Gasteiger partial charge in [0.15, 0.2) is 0 Å². The number of rotatable bonds is 5. The molecular weight excluding hydrogens is 356 g/mol. The lowest BCUT2D eigenvalue weighted by Crippen LogP contribution is -2.30. The van der Waals surface area contributed by atoms with Gasteiger partial charge in [0, 0.05) is 66.1 Å². The fourth-order valence-corrected chi connectivity index (χ4v) is 4.24. The molecule has 0 atom stereocenters. The molecule has 0 saturated heterocycles. The van der Waals surface area contributed by atoms with Gasteiger partial charge in [-0.15, -0.1) is 11.3 Å². The van der Waals surface area contributed by atoms with Crippen LogP contribution < -0.4 is 4.74 Å². The van der Waals surface area contributed by atoms with Gasteiger partial charge in [0.25, 0.3) is 0 Å². The second-order valence-corrected chi connectivity index (χ2v) is 8.29. The van der Waals surface area contributed by atoms with Gasteiger partial charge in [0.2, 0.25) is 0 Å². The molecule has 27 heavy (non-hydrogen) atoms. The highest BCUT2D eigenvalue weighted by Gasteiger charge is 2.20. The summed E-state index contributed by atoms with van der Waals surface area (Å²) in [7, 11) is 1.69. The van der Waals surface area contributed by atoms with E-state index in [-0.39, 0.29) is 0 Å². The quantitative estimate of drug-likeness (QED) is 0.661. The lowest BCUT2D eigenvalue weighted by Gasteiger charge is -2.27. The van der Waals surface area contributed by atoms with Gasteiger partial charge in [-0.3, -0.25) is 4.90 Å². The van der Waals surface area contributed by atoms with E-state index in [1.807, 2.05) is 30.6 Å². The molecule has 0 amide bonds. The van der Waals surface area contributed by atoms with Crippen molar-refractivity contribution in [2.45, 2.75) is 39.3 Å². The molecule has 5 nitrogen and oxygen atoms in total. The molecule has 3 aromatic rings. The normalized spacial score (nSPS) is 14.4. The van der Waals surface area contributed by atoms with Gasteiger partial charge >= 0.3 is 0 Å². The lowest BCUT2D eigenvalue weighted by molar-refractivity contribution is 0.244. The smallest absolute Gasteiger partial charge is 0.131 e. The Kier molecular flexibility index (Phi) is 5.18. The van der Waals surface area contributed by atoms with Crippen molar-refractivity contribution < 1.29 is 4.74 Å². The van der Waals surface area contributed by atoms with Crippen molar-refractivity contribution in [1.82, 2.24) is 19.9 Å². The first-order valence-corrected chi connectivity index (χ1v) is 10.1. The first-order chi connectivity index (χ1) is 13.1. The average Bonchev–Trinajstić information content (AvgIpc) is 3.16. The molecule has 1 aromatic carbocycles. The van der Waals surface area contributed by atoms with Gasteiger partial charge < -0.3 is 4.74 Å². The summed E-state index contributed by atoms with van der Waals surface area (Å²) in [5, 5.41) is 1.03. The zero-order valence-electron chi connectivity index (χ0n) is 16.0. The predicted molar refractivity (Wildman–Crippen MR) is 108 cm³/mol. The summed E-state index contributed by atoms with van der Waals surface area (Å²) in [6, 6.07) is 8.06. The monoisotopic (exact) mass is 380 g/mol. The van der Waals surface area contributed by atoms with Crippen molar-refractivity contribution in [3.05, 3.63) is 58.6 Å². The van der Waals surface area contributed by atoms with Crippen LogP contribution in [0.3, 0.4) is 0 Å². The molecule has 0 radical (unpaired) electrons. The molecule has 1 aliphatic heterocycles. The Bertz CT molecular complexity index is 937. The minimum atomic E-state index is 0.376. The van der Waals surface area contributed by atoms with E-state index in [2.05, 4.69) is 34.8 Å². The maximum Gasteiger partial charge on any atom is 0.131 e. The van der Waals surface area contributed by atoms with E-state index in [4.69, 9.17) is 9.72 Å². The van der Waals surface area contributed by atoms with E-state index in [1.54, 1.807) is 18.4 Å². The summed E-state index contributed by atoms with van der Waals surface area (Å²) in [5.74, 6) is 2.19. The van der Waals surface area contributed by atoms with Crippen molar-refractivity contribution in [3.8, 4) is 16.3 Å². The molecule has 140 valence electrons. The molecule has 0 bridgehead atoms. The molecule has 3 heterocycles. The number of thiazole rings is 1. The van der Waals surface area contributed by atoms with Crippen molar-refractivity contribution in [3.63, 3.8) is 0 Å². The molecule has 0 aliphatic carbocycles. The van der Waals surface area contributed by atoms with Crippen LogP contribution in [-0.4, -0.2) is 33.5 Å². The second kappa shape index (κ2) is 7.74. The first kappa shape index (κ1) is 18.1. The molecule has 0 spiro atoms. The molecule has 0 saturated carbocycles. The van der Waals surface area contributed by atoms with Crippen LogP contribution in [0.1, 0.15) is 41.7 Å². The van der Waals surface area contributed by atoms with Gasteiger partial charge in [-0.1, -0.05) is 26.0 Å². The largest absolute Gasteiger partial charge is 0.497 e. The number of methoxy groups -OCH3 is 1. The third kappa shape index (κ3) is 4.01. The summed E-state index contributed by atoms with van der Waals surface area (Å²) in [6.07, 6.45) is 4.99. The molecular formula is C21H24N4OS. The number of nitrogens with zero attached hydrogens (tertiary/aromatic N) is 4. The fourth-order valence-electron chi connectivity index (χ4n) is 3.29. The maximum absolute atomic E-state index is 5.32. The third-order valence-electron chi connectivity index (χ3n) is 4.80. The van der Waals surface area contributed by atoms with Crippen molar-refractivity contribution in [2.75, 3.05) is 13.7 Å². The van der Waals surface area contributed by atoms with E-state index < -0.39 is 0 Å². The molecule has 0 fully saturated rings. The Morgan fingerprint density at radius 2 is 2.11 bits per heavy atom. The maximum atomic E-state index is 5.32. The number of fused-ring (bicyclic) bond motifs is 1. The summed E-state index contributed by atoms with van der Waals surface area (Å²) in [5.41, 5.74) is 3.57. The molecule has 2 aromatic heterocycles. The third-order valence-corrected chi connectivity index (χ3v) is 5.83. The molecule has 1 aliphatic rings. The van der Waals surface area contributed by atoms with Gasteiger partial charge in [-0.2, -0.15) is 0 Å². The van der Waals surface area contributed by atoms with E-state index in [1.165, 1.54) is 16.1 Å². The van der Waals surface area contributed by atoms with Crippen LogP contribution in [0, 0.1) is 0 Å². The standard InChI is InChI=1S/C21H24N4OS/c1-14(2)20-22-10-16-12-25(8-7-19(16)24-20)13-18-11-23-21(27-18)15-5-4-6-17(9-15)26-3/h4-6,9-11,14H,7-8,12-13H2,1-3H3. The van der Waals surface area contributed by atoms with Crippen LogP contribution in [0.4, 0.5) is 0 Å². The second-order valence-electron chi connectivity index (χ2n) is 7.18. The fraction of sp³-hybridized carbons (Fsp3) is 0.381. The molecule has 0 N–H and O–H groups in total. The van der Waals surface area contributed by atoms with E-state index in [0.717, 1.165) is 48.2 Å². The van der Waals surface area contributed by atoms with Gasteiger partial charge in [-0.25, -0.2) is 15.0 Å². The Labute approximate surface area is 164 Å². The van der Waals surface area contributed by atoms with Crippen molar-refractivity contribution >= 4 is 11.3 Å². The van der Waals surface area contributed by atoms with E-state index in [9.17, 15) is 0 Å². The lowest BCUT2D eigenvalue weighted by atomic mass is 10.1. The van der Waals surface area contributed by atoms with Gasteiger partial charge in [0.05, 0.1) is 7.11 Å². The molecule has 6 heteroatoms. The minimum absolute atomic E-state index is 0.376. The Balaban J connectivity index is 1.45. The number of aromatic nitrogens is 3. The van der Waals surface area contributed by atoms with Crippen molar-refractivity contribution in [1.29, 1.82) is 0 Å². The summed E-state index contributed by atoms with van der Waals surface area (Å²) in [4.78, 5) is 17.6. The molecule has 4 rings (SSSR count). The van der Waals surface area contributed by atoms with Crippen LogP contribution in [0.5, 0.6) is 5.75 Å². The highest BCUT2D eigenvalue weighted by atomic mass is 32.1. The van der Waals surface area contributed by atoms with Crippen molar-refractivity contribution in [2.24, 2.45) is 0 Å². The van der Waals surface area contributed by atoms with Crippen LogP contribution in [0.2, 0.25) is 0 Å². The van der Waals surface area contributed by atoms with Gasteiger partial charge in [-0.05, 0) is 12.1 Å². The Hall–Kier alpha value is -2.31. The van der Waals surface area contributed by atoms with Crippen LogP contribution in [-0.2, 0) is 19.5 Å². The highest BCUT2D eigenvalue weighted by Crippen LogP contribution is 2.29. The van der Waals surface area contributed by atoms with E-state index >= 15 is 0 Å². The van der Waals surface area contributed by atoms with Crippen LogP contribution in [0.15, 0.2) is 36.7 Å². The van der Waals surface area contributed by atoms with Gasteiger partial charge in [0.1, 0.15) is 16.6 Å². The number of hydrogen-bond acceptors (Lipinski definition) is 6. The van der Waals surface area contributed by atoms with Crippen LogP contribution >= 0.6 is 11.3 Å². The van der Waals surface area contributed by atoms with Crippen LogP contribution in [0.25, 0.3) is 10.6 Å². The summed E-state index contributed by atoms with van der Waals surface area (Å²) < 4.78 is 5.32. The number of ether oxygens (including phenoxy) is 1. The predicted octanol–water partition coefficient (Wildman–Crippen LogP) is 4.29. The minimum Gasteiger partial charge on any atom is -0.497 e.